The maximum absolute atomic E-state index is 11.8. The summed E-state index contributed by atoms with van der Waals surface area (Å²) in [4.78, 5) is 23.6. The lowest BCUT2D eigenvalue weighted by Gasteiger charge is -2.11. The summed E-state index contributed by atoms with van der Waals surface area (Å²) >= 11 is 3.36. The zero-order valence-corrected chi connectivity index (χ0v) is 17.1. The van der Waals surface area contributed by atoms with Crippen molar-refractivity contribution in [2.45, 2.75) is 0 Å². The number of hydrogen-bond acceptors (Lipinski definition) is 4. The topological polar surface area (TPSA) is 86.2 Å². The van der Waals surface area contributed by atoms with Crippen molar-refractivity contribution in [3.63, 3.8) is 0 Å². The van der Waals surface area contributed by atoms with Gasteiger partial charge in [-0.1, -0.05) is 82.7 Å². The maximum Gasteiger partial charge on any atom is 0.152 e. The van der Waals surface area contributed by atoms with Gasteiger partial charge in [0, 0.05) is 4.47 Å². The van der Waals surface area contributed by atoms with E-state index < -0.39 is 0 Å². The Morgan fingerprint density at radius 1 is 0.621 bits per heavy atom. The average Bonchev–Trinajstić information content (AvgIpc) is 2.77. The molecule has 3 aromatic carbocycles. The zero-order chi connectivity index (χ0) is 20.8. The molecule has 4 nitrogen and oxygen atoms in total. The van der Waals surface area contributed by atoms with Gasteiger partial charge in [0.1, 0.15) is 0 Å². The SMILES string of the molecule is N/C(=C(C=O)\C(C=O)=C(/N)c1ccc(-c2ccccc2)cc1)c1ccc(Br)cc1. The van der Waals surface area contributed by atoms with Gasteiger partial charge < -0.3 is 11.5 Å². The predicted octanol–water partition coefficient (Wildman–Crippen LogP) is 4.55. The van der Waals surface area contributed by atoms with Crippen LogP contribution in [0, 0.1) is 0 Å². The van der Waals surface area contributed by atoms with Crippen LogP contribution in [-0.2, 0) is 9.59 Å². The molecular formula is C24H19BrN2O2. The lowest BCUT2D eigenvalue weighted by Crippen LogP contribution is -2.11. The van der Waals surface area contributed by atoms with E-state index in [9.17, 15) is 9.59 Å². The van der Waals surface area contributed by atoms with Crippen molar-refractivity contribution in [1.82, 2.24) is 0 Å². The molecule has 0 heterocycles. The fraction of sp³-hybridized carbons (Fsp3) is 0. The normalized spacial score (nSPS) is 12.6. The van der Waals surface area contributed by atoms with E-state index in [-0.39, 0.29) is 22.5 Å². The van der Waals surface area contributed by atoms with E-state index in [0.717, 1.165) is 15.6 Å². The highest BCUT2D eigenvalue weighted by Crippen LogP contribution is 2.26. The van der Waals surface area contributed by atoms with Crippen LogP contribution in [0.25, 0.3) is 22.5 Å². The van der Waals surface area contributed by atoms with E-state index in [2.05, 4.69) is 15.9 Å². The third-order valence-corrected chi connectivity index (χ3v) is 5.09. The van der Waals surface area contributed by atoms with E-state index in [4.69, 9.17) is 11.5 Å². The highest BCUT2D eigenvalue weighted by molar-refractivity contribution is 9.10. The van der Waals surface area contributed by atoms with Crippen LogP contribution in [0.5, 0.6) is 0 Å². The van der Waals surface area contributed by atoms with Crippen molar-refractivity contribution in [3.8, 4) is 11.1 Å². The molecule has 0 spiro atoms. The van der Waals surface area contributed by atoms with Gasteiger partial charge in [0.15, 0.2) is 12.6 Å². The second-order valence-corrected chi connectivity index (χ2v) is 7.26. The quantitative estimate of drug-likeness (QED) is 0.330. The molecule has 0 radical (unpaired) electrons. The molecular weight excluding hydrogens is 428 g/mol. The number of carbonyl (C=O) groups is 2. The summed E-state index contributed by atoms with van der Waals surface area (Å²) in [5, 5.41) is 0. The largest absolute Gasteiger partial charge is 0.398 e. The Hall–Kier alpha value is -3.44. The third kappa shape index (κ3) is 4.52. The minimum Gasteiger partial charge on any atom is -0.398 e. The van der Waals surface area contributed by atoms with Gasteiger partial charge >= 0.3 is 0 Å². The van der Waals surface area contributed by atoms with E-state index in [0.29, 0.717) is 23.7 Å². The molecule has 0 saturated carbocycles. The Morgan fingerprint density at radius 2 is 1.03 bits per heavy atom. The Morgan fingerprint density at radius 3 is 1.48 bits per heavy atom. The summed E-state index contributed by atoms with van der Waals surface area (Å²) in [6.45, 7) is 0. The molecule has 29 heavy (non-hydrogen) atoms. The molecule has 0 aliphatic rings. The highest BCUT2D eigenvalue weighted by atomic mass is 79.9. The van der Waals surface area contributed by atoms with Gasteiger partial charge in [-0.3, -0.25) is 9.59 Å². The van der Waals surface area contributed by atoms with Crippen LogP contribution < -0.4 is 11.5 Å². The van der Waals surface area contributed by atoms with Gasteiger partial charge in [-0.25, -0.2) is 0 Å². The Balaban J connectivity index is 2.03. The first kappa shape index (κ1) is 20.3. The van der Waals surface area contributed by atoms with Crippen molar-refractivity contribution in [1.29, 1.82) is 0 Å². The van der Waals surface area contributed by atoms with Gasteiger partial charge in [-0.15, -0.1) is 0 Å². The molecule has 144 valence electrons. The Bertz CT molecular complexity index is 1080. The number of allylic oxidation sites excluding steroid dienone is 2. The first-order valence-corrected chi connectivity index (χ1v) is 9.66. The molecule has 0 saturated heterocycles. The fourth-order valence-electron chi connectivity index (χ4n) is 2.96. The van der Waals surface area contributed by atoms with Crippen LogP contribution in [0.15, 0.2) is 94.5 Å². The van der Waals surface area contributed by atoms with E-state index in [1.807, 2.05) is 54.6 Å². The molecule has 5 heteroatoms. The summed E-state index contributed by atoms with van der Waals surface area (Å²) in [7, 11) is 0. The van der Waals surface area contributed by atoms with Crippen LogP contribution in [0.2, 0.25) is 0 Å². The number of rotatable bonds is 6. The minimum absolute atomic E-state index is 0.0620. The summed E-state index contributed by atoms with van der Waals surface area (Å²) in [6.07, 6.45) is 1.13. The van der Waals surface area contributed by atoms with Crippen molar-refractivity contribution < 1.29 is 9.59 Å². The summed E-state index contributed by atoms with van der Waals surface area (Å²) in [5.41, 5.74) is 16.3. The molecule has 3 aromatic rings. The lowest BCUT2D eigenvalue weighted by molar-refractivity contribution is -0.107. The molecule has 0 amide bonds. The van der Waals surface area contributed by atoms with Crippen LogP contribution in [0.4, 0.5) is 0 Å². The maximum atomic E-state index is 11.8. The lowest BCUT2D eigenvalue weighted by atomic mass is 9.96. The number of aldehydes is 2. The van der Waals surface area contributed by atoms with Crippen molar-refractivity contribution in [2.75, 3.05) is 0 Å². The van der Waals surface area contributed by atoms with Crippen molar-refractivity contribution in [2.24, 2.45) is 11.5 Å². The summed E-state index contributed by atoms with van der Waals surface area (Å²) < 4.78 is 0.880. The van der Waals surface area contributed by atoms with Crippen LogP contribution in [0.3, 0.4) is 0 Å². The Labute approximate surface area is 177 Å². The molecule has 0 unspecified atom stereocenters. The average molecular weight is 447 g/mol. The van der Waals surface area contributed by atoms with Gasteiger partial charge in [0.05, 0.1) is 22.5 Å². The second kappa shape index (κ2) is 9.17. The molecule has 0 aromatic heterocycles. The first-order valence-electron chi connectivity index (χ1n) is 8.87. The number of carbonyl (C=O) groups excluding carboxylic acids is 2. The number of halogens is 1. The number of nitrogens with two attached hydrogens (primary N) is 2. The van der Waals surface area contributed by atoms with Crippen LogP contribution in [-0.4, -0.2) is 12.6 Å². The molecule has 0 aliphatic carbocycles. The van der Waals surface area contributed by atoms with Gasteiger partial charge in [-0.05, 0) is 34.4 Å². The van der Waals surface area contributed by atoms with Gasteiger partial charge in [0.2, 0.25) is 0 Å². The van der Waals surface area contributed by atoms with Crippen molar-refractivity contribution >= 4 is 39.9 Å². The summed E-state index contributed by atoms with van der Waals surface area (Å²) in [5.74, 6) is 0. The monoisotopic (exact) mass is 446 g/mol. The smallest absolute Gasteiger partial charge is 0.152 e. The molecule has 0 atom stereocenters. The molecule has 0 bridgehead atoms. The summed E-state index contributed by atoms with van der Waals surface area (Å²) in [6, 6.07) is 24.5. The molecule has 0 fully saturated rings. The predicted molar refractivity (Wildman–Crippen MR) is 120 cm³/mol. The minimum atomic E-state index is 0.0620. The number of benzene rings is 3. The van der Waals surface area contributed by atoms with Gasteiger partial charge in [0.25, 0.3) is 0 Å². The zero-order valence-electron chi connectivity index (χ0n) is 15.5. The fourth-order valence-corrected chi connectivity index (χ4v) is 3.22. The number of hydrogen-bond donors (Lipinski definition) is 2. The first-order chi connectivity index (χ1) is 14.0. The second-order valence-electron chi connectivity index (χ2n) is 6.34. The van der Waals surface area contributed by atoms with Crippen LogP contribution in [0.1, 0.15) is 11.1 Å². The van der Waals surface area contributed by atoms with E-state index in [1.165, 1.54) is 0 Å². The van der Waals surface area contributed by atoms with Crippen LogP contribution >= 0.6 is 15.9 Å². The Kier molecular flexibility index (Phi) is 6.42. The molecule has 3 rings (SSSR count). The molecule has 0 aliphatic heterocycles. The standard InChI is InChI=1S/C24H19BrN2O2/c25-20-12-10-19(11-13-20)24(27)22(15-29)21(14-28)23(26)18-8-6-17(7-9-18)16-4-2-1-3-5-16/h1-15H,26-27H2/b23-21-,24-22-. The highest BCUT2D eigenvalue weighted by Gasteiger charge is 2.15. The van der Waals surface area contributed by atoms with E-state index >= 15 is 0 Å². The third-order valence-electron chi connectivity index (χ3n) is 4.56. The molecule has 4 N–H and O–H groups in total. The van der Waals surface area contributed by atoms with Gasteiger partial charge in [-0.2, -0.15) is 0 Å². The van der Waals surface area contributed by atoms with Crippen molar-refractivity contribution in [3.05, 3.63) is 106 Å². The van der Waals surface area contributed by atoms with E-state index in [1.54, 1.807) is 24.3 Å².